The van der Waals surface area contributed by atoms with Crippen LogP contribution in [0.4, 0.5) is 5.82 Å². The largest absolute Gasteiger partial charge is 0.497 e. The Bertz CT molecular complexity index is 1990. The zero-order valence-corrected chi connectivity index (χ0v) is 30.0. The summed E-state index contributed by atoms with van der Waals surface area (Å²) in [6, 6.07) is 33.2. The second-order valence-corrected chi connectivity index (χ2v) is 12.8. The Kier molecular flexibility index (Phi) is 11.4. The second-order valence-electron chi connectivity index (χ2n) is 12.8. The third-order valence-electron chi connectivity index (χ3n) is 9.59. The lowest BCUT2D eigenvalue weighted by molar-refractivity contribution is -0.124. The summed E-state index contributed by atoms with van der Waals surface area (Å²) >= 11 is 0. The smallest absolute Gasteiger partial charge is 0.351 e. The number of rotatable bonds is 14. The number of hydrogen-bond donors (Lipinski definition) is 3. The van der Waals surface area contributed by atoms with Gasteiger partial charge < -0.3 is 39.2 Å². The fraction of sp³-hybridized carbons (Fsp3) is 0.293. The van der Waals surface area contributed by atoms with Crippen LogP contribution in [0.25, 0.3) is 0 Å². The number of anilines is 1. The van der Waals surface area contributed by atoms with Gasteiger partial charge in [-0.3, -0.25) is 9.36 Å². The molecule has 0 aliphatic carbocycles. The monoisotopic (exact) mass is 721 g/mol. The zero-order valence-electron chi connectivity index (χ0n) is 30.0. The maximum absolute atomic E-state index is 13.6. The van der Waals surface area contributed by atoms with E-state index in [1.807, 2.05) is 78.9 Å². The first kappa shape index (κ1) is 37.4. The van der Waals surface area contributed by atoms with Crippen LogP contribution in [0.1, 0.15) is 45.3 Å². The number of amides is 1. The topological polar surface area (TPSA) is 151 Å². The summed E-state index contributed by atoms with van der Waals surface area (Å²) < 4.78 is 30.7. The average Bonchev–Trinajstić information content (AvgIpc) is 3.45. The highest BCUT2D eigenvalue weighted by Crippen LogP contribution is 2.45. The first-order valence-electron chi connectivity index (χ1n) is 17.1. The average molecular weight is 722 g/mol. The van der Waals surface area contributed by atoms with Gasteiger partial charge in [0.1, 0.15) is 40.7 Å². The van der Waals surface area contributed by atoms with Crippen LogP contribution in [0, 0.1) is 6.92 Å². The van der Waals surface area contributed by atoms with Crippen LogP contribution in [0.2, 0.25) is 0 Å². The molecular formula is C41H43N3O9. The lowest BCUT2D eigenvalue weighted by Gasteiger charge is -2.37. The van der Waals surface area contributed by atoms with Crippen LogP contribution >= 0.6 is 0 Å². The molecule has 1 amide bonds. The van der Waals surface area contributed by atoms with Gasteiger partial charge in [0.05, 0.1) is 20.8 Å². The van der Waals surface area contributed by atoms with Crippen molar-refractivity contribution in [3.8, 4) is 11.5 Å². The fourth-order valence-corrected chi connectivity index (χ4v) is 6.71. The first-order chi connectivity index (χ1) is 25.6. The molecule has 0 radical (unpaired) electrons. The van der Waals surface area contributed by atoms with Crippen molar-refractivity contribution >= 4 is 11.7 Å². The molecule has 276 valence electrons. The number of aromatic nitrogens is 2. The van der Waals surface area contributed by atoms with Gasteiger partial charge in [-0.1, -0.05) is 72.8 Å². The van der Waals surface area contributed by atoms with Crippen LogP contribution in [-0.2, 0) is 19.8 Å². The molecule has 6 rings (SSSR count). The Balaban J connectivity index is 1.37. The third-order valence-corrected chi connectivity index (χ3v) is 9.59. The molecule has 5 aromatic rings. The molecule has 0 unspecified atom stereocenters. The molecule has 1 saturated heterocycles. The molecule has 4 aromatic carbocycles. The number of aliphatic hydroxyl groups is 2. The third kappa shape index (κ3) is 7.45. The van der Waals surface area contributed by atoms with Crippen LogP contribution in [-0.4, -0.2) is 78.0 Å². The maximum Gasteiger partial charge on any atom is 0.351 e. The standard InChI is InChI=1S/C41H43N3O9/c1-27-25-44(39(47)43-36(27)42-37(46)28-11-7-5-8-12-28)38-40(48,23-24-49-2)35(45)34(53-38)26-52-41(29-13-9-6-10-14-29,30-15-19-32(50-3)20-16-30)31-17-21-33(51-4)22-18-31/h5-22,25,34-35,38,45,48H,23-24,26H2,1-4H3,(H,42,43,46,47)/t34-,35-,38-,40-/m1/s1. The summed E-state index contributed by atoms with van der Waals surface area (Å²) in [7, 11) is 4.66. The zero-order chi connectivity index (χ0) is 37.6. The van der Waals surface area contributed by atoms with E-state index in [9.17, 15) is 19.8 Å². The molecular weight excluding hydrogens is 678 g/mol. The van der Waals surface area contributed by atoms with E-state index in [1.165, 1.54) is 13.3 Å². The second kappa shape index (κ2) is 16.1. The molecule has 1 fully saturated rings. The van der Waals surface area contributed by atoms with Crippen molar-refractivity contribution in [2.75, 3.05) is 39.9 Å². The molecule has 0 saturated carbocycles. The Labute approximate surface area is 307 Å². The number of aliphatic hydroxyl groups excluding tert-OH is 1. The summed E-state index contributed by atoms with van der Waals surface area (Å²) in [6.07, 6.45) is -2.66. The van der Waals surface area contributed by atoms with Crippen molar-refractivity contribution in [2.45, 2.75) is 43.0 Å². The van der Waals surface area contributed by atoms with E-state index in [4.69, 9.17) is 23.7 Å². The Morgan fingerprint density at radius 2 is 1.42 bits per heavy atom. The van der Waals surface area contributed by atoms with E-state index in [-0.39, 0.29) is 25.5 Å². The number of hydrogen-bond acceptors (Lipinski definition) is 10. The van der Waals surface area contributed by atoms with Gasteiger partial charge in [0.2, 0.25) is 0 Å². The van der Waals surface area contributed by atoms with Crippen molar-refractivity contribution < 1.29 is 38.7 Å². The molecule has 0 bridgehead atoms. The minimum atomic E-state index is -1.99. The number of carbonyl (C=O) groups excluding carboxylic acids is 1. The van der Waals surface area contributed by atoms with Gasteiger partial charge >= 0.3 is 5.69 Å². The van der Waals surface area contributed by atoms with Crippen molar-refractivity contribution in [3.63, 3.8) is 0 Å². The molecule has 12 nitrogen and oxygen atoms in total. The molecule has 1 aromatic heterocycles. The highest BCUT2D eigenvalue weighted by molar-refractivity contribution is 6.04. The van der Waals surface area contributed by atoms with E-state index in [1.54, 1.807) is 51.5 Å². The minimum absolute atomic E-state index is 0.0546. The number of ether oxygens (including phenoxy) is 5. The number of methoxy groups -OCH3 is 3. The van der Waals surface area contributed by atoms with Crippen molar-refractivity contribution in [1.82, 2.24) is 9.55 Å². The van der Waals surface area contributed by atoms with E-state index >= 15 is 0 Å². The van der Waals surface area contributed by atoms with Gasteiger partial charge in [-0.2, -0.15) is 4.98 Å². The molecule has 3 N–H and O–H groups in total. The number of carbonyl (C=O) groups is 1. The molecule has 2 heterocycles. The van der Waals surface area contributed by atoms with Crippen LogP contribution < -0.4 is 20.5 Å². The van der Waals surface area contributed by atoms with Crippen LogP contribution in [0.15, 0.2) is 120 Å². The molecule has 1 aliphatic rings. The number of nitrogens with zero attached hydrogens (tertiary/aromatic N) is 2. The van der Waals surface area contributed by atoms with Gasteiger partial charge in [0.15, 0.2) is 6.23 Å². The number of aryl methyl sites for hydroxylation is 1. The van der Waals surface area contributed by atoms with E-state index in [2.05, 4.69) is 10.3 Å². The lowest BCUT2D eigenvalue weighted by atomic mass is 9.80. The summed E-state index contributed by atoms with van der Waals surface area (Å²) in [5.41, 5.74) is -0.890. The van der Waals surface area contributed by atoms with Gasteiger partial charge in [-0.15, -0.1) is 0 Å². The van der Waals surface area contributed by atoms with Gasteiger partial charge in [-0.25, -0.2) is 4.79 Å². The van der Waals surface area contributed by atoms with Crippen molar-refractivity contribution in [3.05, 3.63) is 154 Å². The van der Waals surface area contributed by atoms with E-state index < -0.39 is 41.2 Å². The summed E-state index contributed by atoms with van der Waals surface area (Å²) in [5.74, 6) is 0.943. The summed E-state index contributed by atoms with van der Waals surface area (Å²) in [6.45, 7) is 1.51. The molecule has 1 aliphatic heterocycles. The fourth-order valence-electron chi connectivity index (χ4n) is 6.71. The molecule has 4 atom stereocenters. The highest BCUT2D eigenvalue weighted by Gasteiger charge is 2.57. The molecule has 0 spiro atoms. The lowest BCUT2D eigenvalue weighted by Crippen LogP contribution is -2.50. The van der Waals surface area contributed by atoms with E-state index in [0.717, 1.165) is 21.3 Å². The number of nitrogens with one attached hydrogen (secondary N) is 1. The van der Waals surface area contributed by atoms with E-state index in [0.29, 0.717) is 22.6 Å². The van der Waals surface area contributed by atoms with Gasteiger partial charge in [-0.05, 0) is 60.0 Å². The first-order valence-corrected chi connectivity index (χ1v) is 17.1. The van der Waals surface area contributed by atoms with Gasteiger partial charge in [0.25, 0.3) is 5.91 Å². The Morgan fingerprint density at radius 1 is 0.868 bits per heavy atom. The van der Waals surface area contributed by atoms with Gasteiger partial charge in [0, 0.05) is 37.5 Å². The quantitative estimate of drug-likeness (QED) is 0.136. The normalized spacial score (nSPS) is 19.8. The predicted octanol–water partition coefficient (Wildman–Crippen LogP) is 4.86. The summed E-state index contributed by atoms with van der Waals surface area (Å²) in [5, 5.41) is 26.7. The number of benzene rings is 4. The minimum Gasteiger partial charge on any atom is -0.497 e. The van der Waals surface area contributed by atoms with Crippen LogP contribution in [0.3, 0.4) is 0 Å². The predicted molar refractivity (Wildman–Crippen MR) is 197 cm³/mol. The Hall–Kier alpha value is -5.37. The summed E-state index contributed by atoms with van der Waals surface area (Å²) in [4.78, 5) is 30.6. The molecule has 12 heteroatoms. The van der Waals surface area contributed by atoms with Crippen LogP contribution in [0.5, 0.6) is 11.5 Å². The molecule has 53 heavy (non-hydrogen) atoms. The maximum atomic E-state index is 13.6. The van der Waals surface area contributed by atoms with Crippen molar-refractivity contribution in [1.29, 1.82) is 0 Å². The SMILES string of the molecule is COCC[C@@]1(O)[C@H](O)[C@@H](COC(c2ccccc2)(c2ccc(OC)cc2)c2ccc(OC)cc2)O[C@H]1n1cc(C)c(NC(=O)c2ccccc2)nc1=O. The highest BCUT2D eigenvalue weighted by atomic mass is 16.6. The Morgan fingerprint density at radius 3 is 1.96 bits per heavy atom. The van der Waals surface area contributed by atoms with Crippen molar-refractivity contribution in [2.24, 2.45) is 0 Å².